The van der Waals surface area contributed by atoms with E-state index < -0.39 is 0 Å². The van der Waals surface area contributed by atoms with Crippen LogP contribution < -0.4 is 4.90 Å². The van der Waals surface area contributed by atoms with Gasteiger partial charge < -0.3 is 4.90 Å². The van der Waals surface area contributed by atoms with E-state index in [0.717, 1.165) is 31.2 Å². The first-order valence-electron chi connectivity index (χ1n) is 5.81. The minimum absolute atomic E-state index is 0.535. The summed E-state index contributed by atoms with van der Waals surface area (Å²) in [4.78, 5) is 4.54. The van der Waals surface area contributed by atoms with Crippen LogP contribution in [0.1, 0.15) is 5.56 Å². The highest BCUT2D eigenvalue weighted by atomic mass is 35.5. The summed E-state index contributed by atoms with van der Waals surface area (Å²) < 4.78 is 0. The number of rotatable bonds is 2. The van der Waals surface area contributed by atoms with Crippen molar-refractivity contribution in [3.8, 4) is 6.07 Å². The van der Waals surface area contributed by atoms with Gasteiger partial charge in [-0.3, -0.25) is 4.90 Å². The lowest BCUT2D eigenvalue weighted by Crippen LogP contribution is -2.46. The quantitative estimate of drug-likeness (QED) is 0.754. The maximum Gasteiger partial charge on any atom is 0.0867 e. The predicted molar refractivity (Wildman–Crippen MR) is 70.5 cm³/mol. The molecule has 0 atom stereocenters. The Balaban J connectivity index is 2.03. The average Bonchev–Trinajstić information content (AvgIpc) is 2.31. The second-order valence-electron chi connectivity index (χ2n) is 4.35. The van der Waals surface area contributed by atoms with Crippen molar-refractivity contribution >= 4 is 17.3 Å². The zero-order chi connectivity index (χ0) is 12.3. The summed E-state index contributed by atoms with van der Waals surface area (Å²) in [5.41, 5.74) is 2.47. The van der Waals surface area contributed by atoms with Crippen molar-refractivity contribution in [1.82, 2.24) is 4.90 Å². The molecular formula is C13H16ClN3. The van der Waals surface area contributed by atoms with E-state index in [2.05, 4.69) is 28.9 Å². The van der Waals surface area contributed by atoms with E-state index in [1.54, 1.807) is 0 Å². The zero-order valence-electron chi connectivity index (χ0n) is 9.99. The Morgan fingerprint density at radius 2 is 2.00 bits per heavy atom. The van der Waals surface area contributed by atoms with Crippen LogP contribution >= 0.6 is 11.6 Å². The Kier molecular flexibility index (Phi) is 3.88. The zero-order valence-corrected chi connectivity index (χ0v) is 10.7. The Morgan fingerprint density at radius 3 is 2.59 bits per heavy atom. The predicted octanol–water partition coefficient (Wildman–Crippen LogP) is 2.29. The van der Waals surface area contributed by atoms with Crippen molar-refractivity contribution in [2.45, 2.75) is 6.92 Å². The highest BCUT2D eigenvalue weighted by Crippen LogP contribution is 2.24. The summed E-state index contributed by atoms with van der Waals surface area (Å²) >= 11 is 5.96. The van der Waals surface area contributed by atoms with Gasteiger partial charge in [-0.15, -0.1) is 0 Å². The van der Waals surface area contributed by atoms with E-state index in [4.69, 9.17) is 16.9 Å². The van der Waals surface area contributed by atoms with Crippen LogP contribution in [0.4, 0.5) is 5.69 Å². The second kappa shape index (κ2) is 5.39. The standard InChI is InChI=1S/C13H16ClN3/c1-11-10-12(14)2-3-13(11)17-8-6-16(5-4-15)7-9-17/h2-3,10H,5-9H2,1H3. The highest BCUT2D eigenvalue weighted by Gasteiger charge is 2.17. The third kappa shape index (κ3) is 2.91. The molecule has 3 nitrogen and oxygen atoms in total. The molecule has 0 spiro atoms. The Morgan fingerprint density at radius 1 is 1.29 bits per heavy atom. The molecule has 1 aliphatic rings. The largest absolute Gasteiger partial charge is 0.369 e. The van der Waals surface area contributed by atoms with E-state index in [0.29, 0.717) is 6.54 Å². The van der Waals surface area contributed by atoms with Gasteiger partial charge in [-0.25, -0.2) is 0 Å². The molecule has 90 valence electrons. The highest BCUT2D eigenvalue weighted by molar-refractivity contribution is 6.30. The van der Waals surface area contributed by atoms with Crippen LogP contribution in [0.15, 0.2) is 18.2 Å². The van der Waals surface area contributed by atoms with Gasteiger partial charge in [0.15, 0.2) is 0 Å². The van der Waals surface area contributed by atoms with Crippen LogP contribution in [0.5, 0.6) is 0 Å². The average molecular weight is 250 g/mol. The fourth-order valence-corrected chi connectivity index (χ4v) is 2.45. The van der Waals surface area contributed by atoms with Crippen molar-refractivity contribution in [3.05, 3.63) is 28.8 Å². The second-order valence-corrected chi connectivity index (χ2v) is 4.79. The molecule has 0 amide bonds. The van der Waals surface area contributed by atoms with E-state index in [1.165, 1.54) is 11.3 Å². The van der Waals surface area contributed by atoms with Gasteiger partial charge in [-0.1, -0.05) is 11.6 Å². The molecule has 0 aliphatic carbocycles. The fourth-order valence-electron chi connectivity index (χ4n) is 2.22. The third-order valence-corrected chi connectivity index (χ3v) is 3.40. The molecule has 1 saturated heterocycles. The number of aryl methyl sites for hydroxylation is 1. The van der Waals surface area contributed by atoms with Gasteiger partial charge in [-0.05, 0) is 30.7 Å². The molecule has 17 heavy (non-hydrogen) atoms. The summed E-state index contributed by atoms with van der Waals surface area (Å²) in [5.74, 6) is 0. The van der Waals surface area contributed by atoms with Crippen LogP contribution in [0.2, 0.25) is 5.02 Å². The lowest BCUT2D eigenvalue weighted by molar-refractivity contribution is 0.287. The molecule has 2 rings (SSSR count). The number of nitriles is 1. The van der Waals surface area contributed by atoms with Crippen LogP contribution in [0, 0.1) is 18.3 Å². The Hall–Kier alpha value is -1.24. The monoisotopic (exact) mass is 249 g/mol. The molecule has 0 N–H and O–H groups in total. The number of anilines is 1. The van der Waals surface area contributed by atoms with Crippen molar-refractivity contribution in [2.75, 3.05) is 37.6 Å². The van der Waals surface area contributed by atoms with Crippen LogP contribution in [0.3, 0.4) is 0 Å². The topological polar surface area (TPSA) is 30.3 Å². The van der Waals surface area contributed by atoms with Gasteiger partial charge in [0.1, 0.15) is 0 Å². The van der Waals surface area contributed by atoms with Crippen molar-refractivity contribution in [3.63, 3.8) is 0 Å². The van der Waals surface area contributed by atoms with Crippen molar-refractivity contribution in [2.24, 2.45) is 0 Å². The fraction of sp³-hybridized carbons (Fsp3) is 0.462. The number of halogens is 1. The molecule has 0 unspecified atom stereocenters. The molecule has 0 saturated carbocycles. The molecular weight excluding hydrogens is 234 g/mol. The molecule has 1 aliphatic heterocycles. The summed E-state index contributed by atoms with van der Waals surface area (Å²) in [5, 5.41) is 9.44. The molecule has 0 aromatic heterocycles. The molecule has 4 heteroatoms. The first kappa shape index (κ1) is 12.2. The van der Waals surface area contributed by atoms with Gasteiger partial charge >= 0.3 is 0 Å². The first-order chi connectivity index (χ1) is 8.20. The normalized spacial score (nSPS) is 16.9. The minimum Gasteiger partial charge on any atom is -0.369 e. The summed E-state index contributed by atoms with van der Waals surface area (Å²) in [6, 6.07) is 8.22. The van der Waals surface area contributed by atoms with Crippen LogP contribution in [0.25, 0.3) is 0 Å². The van der Waals surface area contributed by atoms with Gasteiger partial charge in [-0.2, -0.15) is 5.26 Å². The van der Waals surface area contributed by atoms with E-state index in [-0.39, 0.29) is 0 Å². The Bertz CT molecular complexity index is 431. The van der Waals surface area contributed by atoms with Gasteiger partial charge in [0.2, 0.25) is 0 Å². The lowest BCUT2D eigenvalue weighted by atomic mass is 10.1. The summed E-state index contributed by atoms with van der Waals surface area (Å²) in [6.45, 7) is 6.48. The molecule has 1 heterocycles. The lowest BCUT2D eigenvalue weighted by Gasteiger charge is -2.35. The molecule has 0 radical (unpaired) electrons. The third-order valence-electron chi connectivity index (χ3n) is 3.17. The van der Waals surface area contributed by atoms with Crippen molar-refractivity contribution < 1.29 is 0 Å². The summed E-state index contributed by atoms with van der Waals surface area (Å²) in [6.07, 6.45) is 0. The van der Waals surface area contributed by atoms with E-state index in [9.17, 15) is 0 Å². The first-order valence-corrected chi connectivity index (χ1v) is 6.19. The van der Waals surface area contributed by atoms with Gasteiger partial charge in [0.05, 0.1) is 12.6 Å². The Labute approximate surface area is 107 Å². The number of piperazine rings is 1. The molecule has 1 fully saturated rings. The smallest absolute Gasteiger partial charge is 0.0867 e. The maximum absolute atomic E-state index is 8.66. The number of hydrogen-bond acceptors (Lipinski definition) is 3. The molecule has 0 bridgehead atoms. The minimum atomic E-state index is 0.535. The molecule has 1 aromatic rings. The van der Waals surface area contributed by atoms with E-state index in [1.807, 2.05) is 12.1 Å². The van der Waals surface area contributed by atoms with Gasteiger partial charge in [0.25, 0.3) is 0 Å². The van der Waals surface area contributed by atoms with Crippen LogP contribution in [-0.4, -0.2) is 37.6 Å². The van der Waals surface area contributed by atoms with Gasteiger partial charge in [0, 0.05) is 36.9 Å². The van der Waals surface area contributed by atoms with E-state index >= 15 is 0 Å². The maximum atomic E-state index is 8.66. The molecule has 1 aromatic carbocycles. The number of hydrogen-bond donors (Lipinski definition) is 0. The van der Waals surface area contributed by atoms with Crippen LogP contribution in [-0.2, 0) is 0 Å². The summed E-state index contributed by atoms with van der Waals surface area (Å²) in [7, 11) is 0. The van der Waals surface area contributed by atoms with Crippen molar-refractivity contribution in [1.29, 1.82) is 5.26 Å². The SMILES string of the molecule is Cc1cc(Cl)ccc1N1CCN(CC#N)CC1. The number of nitrogens with zero attached hydrogens (tertiary/aromatic N) is 3. The number of benzene rings is 1.